The van der Waals surface area contributed by atoms with Gasteiger partial charge in [0.2, 0.25) is 5.91 Å². The van der Waals surface area contributed by atoms with Gasteiger partial charge in [0, 0.05) is 25.4 Å². The van der Waals surface area contributed by atoms with Crippen molar-refractivity contribution in [1.29, 1.82) is 0 Å². The van der Waals surface area contributed by atoms with Gasteiger partial charge in [0.05, 0.1) is 6.54 Å². The Morgan fingerprint density at radius 2 is 1.61 bits per heavy atom. The summed E-state index contributed by atoms with van der Waals surface area (Å²) in [5.74, 6) is 0.165. The van der Waals surface area contributed by atoms with E-state index in [0.29, 0.717) is 12.5 Å². The molecular formula is C14H28N2O2. The summed E-state index contributed by atoms with van der Waals surface area (Å²) in [6, 6.07) is 0.500. The van der Waals surface area contributed by atoms with Crippen LogP contribution in [0, 0.1) is 5.92 Å². The molecule has 0 aliphatic rings. The van der Waals surface area contributed by atoms with Crippen molar-refractivity contribution in [1.82, 2.24) is 9.80 Å². The highest BCUT2D eigenvalue weighted by atomic mass is 16.2. The third kappa shape index (κ3) is 6.74. The van der Waals surface area contributed by atoms with Gasteiger partial charge in [-0.15, -0.1) is 0 Å². The maximum absolute atomic E-state index is 11.8. The first kappa shape index (κ1) is 17.1. The molecule has 0 aromatic heterocycles. The van der Waals surface area contributed by atoms with Gasteiger partial charge in [-0.2, -0.15) is 0 Å². The van der Waals surface area contributed by atoms with Crippen LogP contribution < -0.4 is 0 Å². The van der Waals surface area contributed by atoms with Crippen molar-refractivity contribution in [2.45, 2.75) is 46.6 Å². The van der Waals surface area contributed by atoms with Crippen LogP contribution in [0.4, 0.5) is 0 Å². The van der Waals surface area contributed by atoms with Crippen LogP contribution in [-0.4, -0.2) is 54.7 Å². The highest BCUT2D eigenvalue weighted by Crippen LogP contribution is 2.02. The van der Waals surface area contributed by atoms with Crippen molar-refractivity contribution in [3.8, 4) is 0 Å². The fraction of sp³-hybridized carbons (Fsp3) is 0.857. The molecule has 4 heteroatoms. The molecular weight excluding hydrogens is 228 g/mol. The lowest BCUT2D eigenvalue weighted by molar-refractivity contribution is -0.135. The number of carbonyl (C=O) groups is 2. The molecule has 106 valence electrons. The van der Waals surface area contributed by atoms with Crippen molar-refractivity contribution < 1.29 is 9.59 Å². The number of Topliss-reactive ketones (excluding diaryl/α,β-unsaturated/α-hetero) is 1. The first-order valence-corrected chi connectivity index (χ1v) is 6.72. The molecule has 4 nitrogen and oxygen atoms in total. The quantitative estimate of drug-likeness (QED) is 0.665. The summed E-state index contributed by atoms with van der Waals surface area (Å²) in [5.41, 5.74) is 0. The summed E-state index contributed by atoms with van der Waals surface area (Å²) in [6.07, 6.45) is 1.35. The summed E-state index contributed by atoms with van der Waals surface area (Å²) in [7, 11) is 3.76. The van der Waals surface area contributed by atoms with Crippen molar-refractivity contribution >= 4 is 11.7 Å². The number of carbonyl (C=O) groups excluding carboxylic acids is 2. The first-order chi connectivity index (χ1) is 8.25. The third-order valence-corrected chi connectivity index (χ3v) is 3.25. The molecule has 0 aromatic rings. The predicted molar refractivity (Wildman–Crippen MR) is 74.5 cm³/mol. The molecule has 0 unspecified atom stereocenters. The largest absolute Gasteiger partial charge is 0.338 e. The van der Waals surface area contributed by atoms with Crippen LogP contribution in [0.5, 0.6) is 0 Å². The second-order valence-electron chi connectivity index (χ2n) is 5.55. The van der Waals surface area contributed by atoms with Crippen molar-refractivity contribution in [2.24, 2.45) is 5.92 Å². The van der Waals surface area contributed by atoms with E-state index in [2.05, 4.69) is 25.8 Å². The highest BCUT2D eigenvalue weighted by Gasteiger charge is 2.15. The van der Waals surface area contributed by atoms with Gasteiger partial charge in [-0.1, -0.05) is 13.8 Å². The molecule has 0 spiro atoms. The minimum absolute atomic E-state index is 0.00711. The van der Waals surface area contributed by atoms with Crippen molar-refractivity contribution in [3.05, 3.63) is 0 Å². The molecule has 0 radical (unpaired) electrons. The fourth-order valence-electron chi connectivity index (χ4n) is 1.43. The number of hydrogen-bond donors (Lipinski definition) is 0. The molecule has 0 saturated heterocycles. The zero-order valence-electron chi connectivity index (χ0n) is 12.7. The van der Waals surface area contributed by atoms with Gasteiger partial charge in [0.25, 0.3) is 0 Å². The number of hydrogen-bond acceptors (Lipinski definition) is 3. The van der Waals surface area contributed by atoms with Crippen LogP contribution in [0.25, 0.3) is 0 Å². The monoisotopic (exact) mass is 256 g/mol. The number of rotatable bonds is 8. The van der Waals surface area contributed by atoms with Gasteiger partial charge in [-0.3, -0.25) is 9.59 Å². The number of nitrogens with zero attached hydrogens (tertiary/aromatic N) is 2. The molecule has 0 heterocycles. The van der Waals surface area contributed by atoms with Crippen LogP contribution >= 0.6 is 0 Å². The minimum Gasteiger partial charge on any atom is -0.338 e. The van der Waals surface area contributed by atoms with E-state index in [0.717, 1.165) is 13.0 Å². The Morgan fingerprint density at radius 3 is 2.06 bits per heavy atom. The first-order valence-electron chi connectivity index (χ1n) is 6.72. The Bertz CT molecular complexity index is 275. The fourth-order valence-corrected chi connectivity index (χ4v) is 1.43. The lowest BCUT2D eigenvalue weighted by atomic mass is 10.1. The van der Waals surface area contributed by atoms with E-state index < -0.39 is 0 Å². The molecule has 18 heavy (non-hydrogen) atoms. The second kappa shape index (κ2) is 8.25. The zero-order valence-corrected chi connectivity index (χ0v) is 12.7. The summed E-state index contributed by atoms with van der Waals surface area (Å²) in [5, 5.41) is 0. The Balaban J connectivity index is 3.92. The summed E-state index contributed by atoms with van der Waals surface area (Å²) < 4.78 is 0. The van der Waals surface area contributed by atoms with Crippen molar-refractivity contribution in [3.63, 3.8) is 0 Å². The SMILES string of the molecule is CC(C)C(=O)CN(C)C(=O)CCCN(C)C(C)C. The summed E-state index contributed by atoms with van der Waals surface area (Å²) in [4.78, 5) is 27.1. The average molecular weight is 256 g/mol. The van der Waals surface area contributed by atoms with Crippen LogP contribution in [0.3, 0.4) is 0 Å². The molecule has 0 rings (SSSR count). The zero-order chi connectivity index (χ0) is 14.3. The second-order valence-corrected chi connectivity index (χ2v) is 5.55. The molecule has 0 aromatic carbocycles. The van der Waals surface area contributed by atoms with Gasteiger partial charge < -0.3 is 9.80 Å². The molecule has 0 bridgehead atoms. The molecule has 0 saturated carbocycles. The maximum Gasteiger partial charge on any atom is 0.222 e. The van der Waals surface area contributed by atoms with E-state index in [1.807, 2.05) is 13.8 Å². The van der Waals surface area contributed by atoms with Crippen LogP contribution in [0.15, 0.2) is 0 Å². The van der Waals surface area contributed by atoms with Crippen LogP contribution in [-0.2, 0) is 9.59 Å². The average Bonchev–Trinajstić information content (AvgIpc) is 2.27. The van der Waals surface area contributed by atoms with Gasteiger partial charge in [0.1, 0.15) is 0 Å². The van der Waals surface area contributed by atoms with E-state index in [1.54, 1.807) is 7.05 Å². The summed E-state index contributed by atoms with van der Waals surface area (Å²) >= 11 is 0. The molecule has 0 atom stereocenters. The Hall–Kier alpha value is -0.900. The maximum atomic E-state index is 11.8. The van der Waals surface area contributed by atoms with E-state index in [4.69, 9.17) is 0 Å². The van der Waals surface area contributed by atoms with E-state index in [-0.39, 0.29) is 24.2 Å². The van der Waals surface area contributed by atoms with Crippen LogP contribution in [0.2, 0.25) is 0 Å². The third-order valence-electron chi connectivity index (χ3n) is 3.25. The lowest BCUT2D eigenvalue weighted by Gasteiger charge is -2.22. The highest BCUT2D eigenvalue weighted by molar-refractivity contribution is 5.87. The number of likely N-dealkylation sites (N-methyl/N-ethyl adjacent to an activating group) is 1. The van der Waals surface area contributed by atoms with Crippen molar-refractivity contribution in [2.75, 3.05) is 27.2 Å². The van der Waals surface area contributed by atoms with Gasteiger partial charge in [-0.05, 0) is 33.9 Å². The predicted octanol–water partition coefficient (Wildman–Crippen LogP) is 1.79. The minimum atomic E-state index is -0.00711. The molecule has 0 aliphatic heterocycles. The van der Waals surface area contributed by atoms with Gasteiger partial charge in [-0.25, -0.2) is 0 Å². The number of amides is 1. The molecule has 0 fully saturated rings. The lowest BCUT2D eigenvalue weighted by Crippen LogP contribution is -2.34. The topological polar surface area (TPSA) is 40.6 Å². The normalized spacial score (nSPS) is 11.4. The number of ketones is 1. The van der Waals surface area contributed by atoms with Gasteiger partial charge in [0.15, 0.2) is 5.78 Å². The van der Waals surface area contributed by atoms with E-state index >= 15 is 0 Å². The Morgan fingerprint density at radius 1 is 1.06 bits per heavy atom. The van der Waals surface area contributed by atoms with E-state index in [9.17, 15) is 9.59 Å². The van der Waals surface area contributed by atoms with Gasteiger partial charge >= 0.3 is 0 Å². The molecule has 0 N–H and O–H groups in total. The van der Waals surface area contributed by atoms with Crippen LogP contribution in [0.1, 0.15) is 40.5 Å². The molecule has 0 aliphatic carbocycles. The standard InChI is InChI=1S/C14H28N2O2/c1-11(2)13(17)10-16(6)14(18)8-7-9-15(5)12(3)4/h11-12H,7-10H2,1-6H3. The molecule has 1 amide bonds. The smallest absolute Gasteiger partial charge is 0.222 e. The summed E-state index contributed by atoms with van der Waals surface area (Å²) in [6.45, 7) is 9.13. The van der Waals surface area contributed by atoms with E-state index in [1.165, 1.54) is 4.90 Å². The Labute approximate surface area is 111 Å². The Kier molecular flexibility index (Phi) is 7.83.